The molecule has 0 aliphatic carbocycles. The Labute approximate surface area is 159 Å². The van der Waals surface area contributed by atoms with E-state index in [0.717, 1.165) is 64.3 Å². The molecular formula is C20H27N3O2S. The fraction of sp³-hybridized carbons (Fsp3) is 0.600. The van der Waals surface area contributed by atoms with Crippen LogP contribution in [0.1, 0.15) is 36.3 Å². The topological polar surface area (TPSA) is 47.5 Å². The van der Waals surface area contributed by atoms with Crippen LogP contribution in [0.3, 0.4) is 0 Å². The van der Waals surface area contributed by atoms with Gasteiger partial charge in [-0.15, -0.1) is 11.3 Å². The summed E-state index contributed by atoms with van der Waals surface area (Å²) in [6.07, 6.45) is 8.02. The van der Waals surface area contributed by atoms with E-state index in [1.54, 1.807) is 23.7 Å². The van der Waals surface area contributed by atoms with Crippen LogP contribution in [-0.4, -0.2) is 46.8 Å². The molecule has 0 bridgehead atoms. The highest BCUT2D eigenvalue weighted by molar-refractivity contribution is 7.09. The van der Waals surface area contributed by atoms with Gasteiger partial charge in [-0.25, -0.2) is 4.98 Å². The van der Waals surface area contributed by atoms with E-state index in [2.05, 4.69) is 21.8 Å². The minimum atomic E-state index is 0.0670. The van der Waals surface area contributed by atoms with Crippen LogP contribution in [-0.2, 0) is 11.3 Å². The highest BCUT2D eigenvalue weighted by Crippen LogP contribution is 2.42. The number of ether oxygens (including phenoxy) is 2. The molecule has 5 nitrogen and oxygen atoms in total. The summed E-state index contributed by atoms with van der Waals surface area (Å²) in [5.41, 5.74) is 3.20. The Morgan fingerprint density at radius 1 is 1.38 bits per heavy atom. The first-order chi connectivity index (χ1) is 12.8. The Morgan fingerprint density at radius 3 is 3.00 bits per heavy atom. The Hall–Kier alpha value is -1.50. The highest BCUT2D eigenvalue weighted by atomic mass is 32.1. The van der Waals surface area contributed by atoms with Gasteiger partial charge in [0.05, 0.1) is 29.6 Å². The second-order valence-corrected chi connectivity index (χ2v) is 8.30. The third kappa shape index (κ3) is 3.92. The van der Waals surface area contributed by atoms with Gasteiger partial charge in [-0.1, -0.05) is 0 Å². The summed E-state index contributed by atoms with van der Waals surface area (Å²) in [7, 11) is 0. The maximum atomic E-state index is 6.30. The lowest BCUT2D eigenvalue weighted by atomic mass is 9.78. The fourth-order valence-electron chi connectivity index (χ4n) is 4.27. The molecule has 6 heteroatoms. The zero-order valence-electron chi connectivity index (χ0n) is 15.4. The van der Waals surface area contributed by atoms with Gasteiger partial charge >= 0.3 is 0 Å². The van der Waals surface area contributed by atoms with E-state index >= 15 is 0 Å². The lowest BCUT2D eigenvalue weighted by Gasteiger charge is -2.42. The van der Waals surface area contributed by atoms with Gasteiger partial charge in [0, 0.05) is 37.3 Å². The van der Waals surface area contributed by atoms with E-state index in [1.807, 2.05) is 17.6 Å². The molecule has 0 radical (unpaired) electrons. The number of thiazole rings is 1. The molecule has 2 saturated heterocycles. The van der Waals surface area contributed by atoms with Crippen LogP contribution in [0.5, 0.6) is 5.75 Å². The van der Waals surface area contributed by atoms with Crippen molar-refractivity contribution in [3.05, 3.63) is 40.6 Å². The molecule has 0 saturated carbocycles. The first-order valence-corrected chi connectivity index (χ1v) is 10.4. The van der Waals surface area contributed by atoms with Gasteiger partial charge in [0.25, 0.3) is 0 Å². The summed E-state index contributed by atoms with van der Waals surface area (Å²) in [5, 5.41) is 0. The molecule has 1 spiro atoms. The molecule has 2 aromatic rings. The fourth-order valence-corrected chi connectivity index (χ4v) is 5.09. The largest absolute Gasteiger partial charge is 0.492 e. The minimum absolute atomic E-state index is 0.0670. The van der Waals surface area contributed by atoms with Crippen molar-refractivity contribution in [3.63, 3.8) is 0 Å². The molecular weight excluding hydrogens is 346 g/mol. The van der Waals surface area contributed by atoms with Crippen molar-refractivity contribution in [2.24, 2.45) is 5.92 Å². The van der Waals surface area contributed by atoms with Crippen LogP contribution < -0.4 is 4.74 Å². The van der Waals surface area contributed by atoms with E-state index < -0.39 is 0 Å². The van der Waals surface area contributed by atoms with Crippen molar-refractivity contribution in [1.82, 2.24) is 14.9 Å². The number of rotatable bonds is 6. The summed E-state index contributed by atoms with van der Waals surface area (Å²) in [4.78, 5) is 12.4. The van der Waals surface area contributed by atoms with Gasteiger partial charge in [0.2, 0.25) is 0 Å². The molecule has 140 valence electrons. The Balaban J connectivity index is 1.28. The molecule has 4 rings (SSSR count). The van der Waals surface area contributed by atoms with Gasteiger partial charge in [0.1, 0.15) is 5.75 Å². The number of hydrogen-bond acceptors (Lipinski definition) is 6. The number of aromatic nitrogens is 2. The molecule has 2 fully saturated rings. The van der Waals surface area contributed by atoms with E-state index in [9.17, 15) is 0 Å². The zero-order chi connectivity index (χ0) is 17.8. The number of pyridine rings is 1. The monoisotopic (exact) mass is 373 g/mol. The van der Waals surface area contributed by atoms with Crippen molar-refractivity contribution < 1.29 is 9.47 Å². The van der Waals surface area contributed by atoms with Crippen LogP contribution >= 0.6 is 11.3 Å². The van der Waals surface area contributed by atoms with Crippen LogP contribution in [0, 0.1) is 12.8 Å². The van der Waals surface area contributed by atoms with Crippen LogP contribution in [0.4, 0.5) is 0 Å². The van der Waals surface area contributed by atoms with Crippen LogP contribution in [0.2, 0.25) is 0 Å². The van der Waals surface area contributed by atoms with Gasteiger partial charge in [0.15, 0.2) is 0 Å². The normalized spacial score (nSPS) is 22.7. The summed E-state index contributed by atoms with van der Waals surface area (Å²) in [5.74, 6) is 1.46. The maximum absolute atomic E-state index is 6.30. The molecule has 0 aromatic carbocycles. The second kappa shape index (κ2) is 8.03. The highest BCUT2D eigenvalue weighted by Gasteiger charge is 2.45. The smallest absolute Gasteiger partial charge is 0.137 e. The first-order valence-electron chi connectivity index (χ1n) is 9.53. The molecule has 0 N–H and O–H groups in total. The number of hydrogen-bond donors (Lipinski definition) is 0. The third-order valence-corrected chi connectivity index (χ3v) is 6.80. The van der Waals surface area contributed by atoms with E-state index in [-0.39, 0.29) is 5.60 Å². The number of aryl methyl sites for hydroxylation is 1. The van der Waals surface area contributed by atoms with Crippen molar-refractivity contribution >= 4 is 11.3 Å². The van der Waals surface area contributed by atoms with Gasteiger partial charge in [-0.05, 0) is 50.7 Å². The maximum Gasteiger partial charge on any atom is 0.137 e. The number of likely N-dealkylation sites (tertiary alicyclic amines) is 1. The van der Waals surface area contributed by atoms with Crippen molar-refractivity contribution in [1.29, 1.82) is 0 Å². The predicted octanol–water partition coefficient (Wildman–Crippen LogP) is 3.69. The Morgan fingerprint density at radius 2 is 2.27 bits per heavy atom. The minimum Gasteiger partial charge on any atom is -0.492 e. The van der Waals surface area contributed by atoms with Crippen molar-refractivity contribution in [3.8, 4) is 5.75 Å². The summed E-state index contributed by atoms with van der Waals surface area (Å²) >= 11 is 1.77. The van der Waals surface area contributed by atoms with Crippen LogP contribution in [0.15, 0.2) is 30.0 Å². The number of nitrogens with zero attached hydrogens (tertiary/aromatic N) is 3. The van der Waals surface area contributed by atoms with Crippen molar-refractivity contribution in [2.75, 3.05) is 26.3 Å². The molecule has 1 atom stereocenters. The summed E-state index contributed by atoms with van der Waals surface area (Å²) in [6, 6.07) is 3.88. The lowest BCUT2D eigenvalue weighted by molar-refractivity contribution is -0.0707. The average molecular weight is 374 g/mol. The quantitative estimate of drug-likeness (QED) is 0.773. The molecule has 0 amide bonds. The standard InChI is InChI=1S/C20H27N3O2S/c1-16-19(26-15-22-16)14-23-9-6-20(7-10-23)17(5-12-25-20)4-11-24-18-3-2-8-21-13-18/h2-3,8,13,15,17H,4-7,9-12,14H2,1H3. The molecule has 2 aliphatic heterocycles. The first kappa shape index (κ1) is 17.9. The molecule has 2 aliphatic rings. The SMILES string of the molecule is Cc1ncsc1CN1CCC2(CC1)OCCC2CCOc1cccnc1. The average Bonchev–Trinajstić information content (AvgIpc) is 3.25. The van der Waals surface area contributed by atoms with Crippen LogP contribution in [0.25, 0.3) is 0 Å². The van der Waals surface area contributed by atoms with Gasteiger partial charge in [-0.2, -0.15) is 0 Å². The predicted molar refractivity (Wildman–Crippen MR) is 103 cm³/mol. The summed E-state index contributed by atoms with van der Waals surface area (Å²) in [6.45, 7) is 6.99. The summed E-state index contributed by atoms with van der Waals surface area (Å²) < 4.78 is 12.2. The molecule has 1 unspecified atom stereocenters. The van der Waals surface area contributed by atoms with Gasteiger partial charge < -0.3 is 9.47 Å². The number of piperidine rings is 1. The third-order valence-electron chi connectivity index (χ3n) is 5.88. The van der Waals surface area contributed by atoms with E-state index in [4.69, 9.17) is 9.47 Å². The van der Waals surface area contributed by atoms with Crippen molar-refractivity contribution in [2.45, 2.75) is 44.8 Å². The van der Waals surface area contributed by atoms with E-state index in [0.29, 0.717) is 5.92 Å². The second-order valence-electron chi connectivity index (χ2n) is 7.36. The lowest BCUT2D eigenvalue weighted by Crippen LogP contribution is -2.47. The zero-order valence-corrected chi connectivity index (χ0v) is 16.2. The molecule has 26 heavy (non-hydrogen) atoms. The Bertz CT molecular complexity index is 698. The van der Waals surface area contributed by atoms with Gasteiger partial charge in [-0.3, -0.25) is 9.88 Å². The molecule has 4 heterocycles. The Kier molecular flexibility index (Phi) is 5.52. The van der Waals surface area contributed by atoms with E-state index in [1.165, 1.54) is 10.6 Å². The molecule has 2 aromatic heterocycles.